The largest absolute Gasteiger partial charge is 0.480 e. The van der Waals surface area contributed by atoms with Crippen LogP contribution in [0.15, 0.2) is 22.7 Å². The summed E-state index contributed by atoms with van der Waals surface area (Å²) in [5.41, 5.74) is 1.66. The molecule has 0 heterocycles. The van der Waals surface area contributed by atoms with E-state index >= 15 is 0 Å². The molecule has 1 aromatic carbocycles. The number of carboxylic acids is 1. The molecule has 0 aliphatic rings. The minimum atomic E-state index is -1.04. The van der Waals surface area contributed by atoms with Crippen LogP contribution in [0.25, 0.3) is 0 Å². The molecule has 0 saturated carbocycles. The molecule has 0 spiro atoms. The highest BCUT2D eigenvalue weighted by atomic mass is 79.9. The van der Waals surface area contributed by atoms with Gasteiger partial charge in [-0.15, -0.1) is 0 Å². The Kier molecular flexibility index (Phi) is 5.15. The fraction of sp³-hybridized carbons (Fsp3) is 0.333. The van der Waals surface area contributed by atoms with Gasteiger partial charge in [-0.05, 0) is 31.0 Å². The minimum absolute atomic E-state index is 0.334. The van der Waals surface area contributed by atoms with Crippen LogP contribution < -0.4 is 10.6 Å². The van der Waals surface area contributed by atoms with Gasteiger partial charge in [-0.25, -0.2) is 9.59 Å². The van der Waals surface area contributed by atoms with Crippen molar-refractivity contribution >= 4 is 33.6 Å². The highest BCUT2D eigenvalue weighted by molar-refractivity contribution is 9.10. The van der Waals surface area contributed by atoms with E-state index in [1.807, 2.05) is 13.0 Å². The van der Waals surface area contributed by atoms with Crippen molar-refractivity contribution in [1.82, 2.24) is 5.32 Å². The Balaban J connectivity index is 2.64. The number of rotatable bonds is 4. The number of hydrogen-bond acceptors (Lipinski definition) is 2. The van der Waals surface area contributed by atoms with Crippen molar-refractivity contribution in [3.05, 3.63) is 28.2 Å². The summed E-state index contributed by atoms with van der Waals surface area (Å²) in [4.78, 5) is 22.3. The Labute approximate surface area is 114 Å². The number of aliphatic carboxylic acids is 1. The van der Waals surface area contributed by atoms with Crippen LogP contribution in [0.5, 0.6) is 0 Å². The molecular weight excluding hydrogens is 300 g/mol. The molecule has 1 aromatic rings. The maximum absolute atomic E-state index is 11.6. The van der Waals surface area contributed by atoms with E-state index in [9.17, 15) is 9.59 Å². The molecule has 1 atom stereocenters. The molecule has 0 bridgehead atoms. The fourth-order valence-corrected chi connectivity index (χ4v) is 1.71. The molecule has 2 amide bonds. The van der Waals surface area contributed by atoms with Crippen LogP contribution in [0, 0.1) is 6.92 Å². The second-order valence-corrected chi connectivity index (χ2v) is 4.72. The van der Waals surface area contributed by atoms with Crippen molar-refractivity contribution in [1.29, 1.82) is 0 Å². The first-order chi connectivity index (χ1) is 8.43. The molecule has 0 aliphatic carbocycles. The van der Waals surface area contributed by atoms with Crippen molar-refractivity contribution in [3.63, 3.8) is 0 Å². The lowest BCUT2D eigenvalue weighted by Gasteiger charge is -2.13. The maximum Gasteiger partial charge on any atom is 0.326 e. The van der Waals surface area contributed by atoms with Crippen molar-refractivity contribution in [2.75, 3.05) is 5.32 Å². The van der Waals surface area contributed by atoms with Gasteiger partial charge in [-0.2, -0.15) is 0 Å². The Morgan fingerprint density at radius 1 is 1.44 bits per heavy atom. The molecule has 1 rings (SSSR count). The molecule has 0 radical (unpaired) electrons. The number of anilines is 1. The average Bonchev–Trinajstić information content (AvgIpc) is 2.30. The predicted molar refractivity (Wildman–Crippen MR) is 72.7 cm³/mol. The van der Waals surface area contributed by atoms with Gasteiger partial charge in [0.15, 0.2) is 0 Å². The molecule has 98 valence electrons. The molecule has 3 N–H and O–H groups in total. The third-order valence-corrected chi connectivity index (χ3v) is 3.30. The average molecular weight is 315 g/mol. The first-order valence-corrected chi connectivity index (χ1v) is 6.29. The summed E-state index contributed by atoms with van der Waals surface area (Å²) in [6, 6.07) is 3.96. The quantitative estimate of drug-likeness (QED) is 0.799. The summed E-state index contributed by atoms with van der Waals surface area (Å²) in [7, 11) is 0. The van der Waals surface area contributed by atoms with Gasteiger partial charge in [0.2, 0.25) is 0 Å². The van der Waals surface area contributed by atoms with Crippen LogP contribution in [-0.2, 0) is 4.79 Å². The summed E-state index contributed by atoms with van der Waals surface area (Å²) in [5, 5.41) is 13.8. The molecule has 18 heavy (non-hydrogen) atoms. The normalized spacial score (nSPS) is 11.7. The van der Waals surface area contributed by atoms with Gasteiger partial charge >= 0.3 is 12.0 Å². The lowest BCUT2D eigenvalue weighted by Crippen LogP contribution is -2.42. The molecule has 0 aromatic heterocycles. The van der Waals surface area contributed by atoms with E-state index in [4.69, 9.17) is 5.11 Å². The molecule has 5 nitrogen and oxygen atoms in total. The highest BCUT2D eigenvalue weighted by Crippen LogP contribution is 2.20. The lowest BCUT2D eigenvalue weighted by molar-refractivity contribution is -0.139. The number of halogens is 1. The van der Waals surface area contributed by atoms with Gasteiger partial charge < -0.3 is 15.7 Å². The topological polar surface area (TPSA) is 78.4 Å². The van der Waals surface area contributed by atoms with E-state index in [-0.39, 0.29) is 0 Å². The fourth-order valence-electron chi connectivity index (χ4n) is 1.33. The Bertz CT molecular complexity index is 463. The molecule has 0 unspecified atom stereocenters. The van der Waals surface area contributed by atoms with E-state index < -0.39 is 18.0 Å². The Morgan fingerprint density at radius 2 is 2.11 bits per heavy atom. The van der Waals surface area contributed by atoms with E-state index in [0.29, 0.717) is 12.1 Å². The van der Waals surface area contributed by atoms with E-state index in [0.717, 1.165) is 10.0 Å². The van der Waals surface area contributed by atoms with Gasteiger partial charge in [0.1, 0.15) is 6.04 Å². The highest BCUT2D eigenvalue weighted by Gasteiger charge is 2.17. The van der Waals surface area contributed by atoms with Crippen LogP contribution in [-0.4, -0.2) is 23.1 Å². The van der Waals surface area contributed by atoms with Crippen LogP contribution in [0.1, 0.15) is 18.9 Å². The standard InChI is InChI=1S/C12H15BrN2O3/c1-3-10(11(16)17)15-12(18)14-8-5-4-7(2)9(13)6-8/h4-6,10H,3H2,1-2H3,(H,16,17)(H2,14,15,18)/t10-/m1/s1. The van der Waals surface area contributed by atoms with Gasteiger partial charge in [-0.1, -0.05) is 28.9 Å². The number of nitrogens with one attached hydrogen (secondary N) is 2. The van der Waals surface area contributed by atoms with Crippen LogP contribution in [0.3, 0.4) is 0 Å². The minimum Gasteiger partial charge on any atom is -0.480 e. The molecule has 0 aliphatic heterocycles. The predicted octanol–water partition coefficient (Wildman–Crippen LogP) is 2.74. The first kappa shape index (κ1) is 14.5. The third kappa shape index (κ3) is 4.03. The van der Waals surface area contributed by atoms with Crippen LogP contribution >= 0.6 is 15.9 Å². The third-order valence-electron chi connectivity index (χ3n) is 2.44. The number of amides is 2. The number of aryl methyl sites for hydroxylation is 1. The van der Waals surface area contributed by atoms with Crippen molar-refractivity contribution in [2.45, 2.75) is 26.3 Å². The monoisotopic (exact) mass is 314 g/mol. The number of carbonyl (C=O) groups is 2. The summed E-state index contributed by atoms with van der Waals surface area (Å²) in [6.07, 6.45) is 0.334. The van der Waals surface area contributed by atoms with Gasteiger partial charge in [0.25, 0.3) is 0 Å². The number of carbonyl (C=O) groups excluding carboxylic acids is 1. The van der Waals surface area contributed by atoms with E-state index in [1.54, 1.807) is 19.1 Å². The van der Waals surface area contributed by atoms with Gasteiger partial charge in [0.05, 0.1) is 0 Å². The number of carboxylic acid groups (broad SMARTS) is 1. The van der Waals surface area contributed by atoms with E-state index in [1.165, 1.54) is 0 Å². The Morgan fingerprint density at radius 3 is 2.61 bits per heavy atom. The molecule has 6 heteroatoms. The number of hydrogen-bond donors (Lipinski definition) is 3. The van der Waals surface area contributed by atoms with Gasteiger partial charge in [0, 0.05) is 10.2 Å². The molecular formula is C12H15BrN2O3. The van der Waals surface area contributed by atoms with Gasteiger partial charge in [-0.3, -0.25) is 0 Å². The van der Waals surface area contributed by atoms with Crippen LogP contribution in [0.4, 0.5) is 10.5 Å². The second kappa shape index (κ2) is 6.39. The van der Waals surface area contributed by atoms with Crippen LogP contribution in [0.2, 0.25) is 0 Å². The van der Waals surface area contributed by atoms with Crippen molar-refractivity contribution in [2.24, 2.45) is 0 Å². The van der Waals surface area contributed by atoms with Crippen molar-refractivity contribution in [3.8, 4) is 0 Å². The second-order valence-electron chi connectivity index (χ2n) is 3.86. The summed E-state index contributed by atoms with van der Waals surface area (Å²) < 4.78 is 0.880. The number of benzene rings is 1. The van der Waals surface area contributed by atoms with Crippen molar-refractivity contribution < 1.29 is 14.7 Å². The summed E-state index contributed by atoms with van der Waals surface area (Å²) >= 11 is 3.36. The van der Waals surface area contributed by atoms with E-state index in [2.05, 4.69) is 26.6 Å². The lowest BCUT2D eigenvalue weighted by atomic mass is 10.2. The molecule has 0 fully saturated rings. The zero-order valence-electron chi connectivity index (χ0n) is 10.2. The smallest absolute Gasteiger partial charge is 0.326 e. The first-order valence-electron chi connectivity index (χ1n) is 5.50. The SMILES string of the molecule is CC[C@@H](NC(=O)Nc1ccc(C)c(Br)c1)C(=O)O. The summed E-state index contributed by atoms with van der Waals surface area (Å²) in [6.45, 7) is 3.63. The summed E-state index contributed by atoms with van der Waals surface area (Å²) in [5.74, 6) is -1.04. The zero-order chi connectivity index (χ0) is 13.7. The maximum atomic E-state index is 11.6. The Hall–Kier alpha value is -1.56. The molecule has 0 saturated heterocycles. The zero-order valence-corrected chi connectivity index (χ0v) is 11.7. The number of urea groups is 1.